The summed E-state index contributed by atoms with van der Waals surface area (Å²) in [6, 6.07) is 33.3. The number of rotatable bonds is 1. The fourth-order valence-electron chi connectivity index (χ4n) is 4.32. The first-order chi connectivity index (χ1) is 13.4. The maximum Gasteiger partial charge on any atom is 0.0348 e. The van der Waals surface area contributed by atoms with E-state index in [0.717, 1.165) is 0 Å². The first kappa shape index (κ1) is 15.0. The summed E-state index contributed by atoms with van der Waals surface area (Å²) in [4.78, 5) is 0. The first-order valence-corrected chi connectivity index (χ1v) is 10.1. The molecule has 0 aliphatic heterocycles. The van der Waals surface area contributed by atoms with E-state index < -0.39 is 0 Å². The summed E-state index contributed by atoms with van der Waals surface area (Å²) >= 11 is 1.80. The van der Waals surface area contributed by atoms with Gasteiger partial charge in [-0.15, -0.1) is 11.3 Å². The van der Waals surface area contributed by atoms with Crippen molar-refractivity contribution in [1.29, 1.82) is 0 Å². The highest BCUT2D eigenvalue weighted by atomic mass is 32.1. The van der Waals surface area contributed by atoms with Crippen LogP contribution in [0.1, 0.15) is 0 Å². The highest BCUT2D eigenvalue weighted by molar-refractivity contribution is 7.17. The van der Waals surface area contributed by atoms with Crippen molar-refractivity contribution < 1.29 is 0 Å². The topological polar surface area (TPSA) is 0 Å². The molecular weight excluding hydrogens is 344 g/mol. The van der Waals surface area contributed by atoms with Gasteiger partial charge in [0.1, 0.15) is 0 Å². The molecule has 0 nitrogen and oxygen atoms in total. The minimum atomic E-state index is 1.28. The zero-order valence-electron chi connectivity index (χ0n) is 14.6. The molecule has 6 rings (SSSR count). The van der Waals surface area contributed by atoms with Crippen LogP contribution in [0.25, 0.3) is 53.5 Å². The van der Waals surface area contributed by atoms with E-state index in [2.05, 4.69) is 96.4 Å². The van der Waals surface area contributed by atoms with Gasteiger partial charge < -0.3 is 0 Å². The maximum atomic E-state index is 2.37. The van der Waals surface area contributed by atoms with Crippen LogP contribution in [-0.2, 0) is 0 Å². The standard InChI is InChI=1S/C26H16S/c1-2-8-21-19(6-1)20-7-3-4-9-22(20)25-16-17(12-13-23(21)25)18-10-5-11-26-24(18)14-15-27-26/h1-16H. The van der Waals surface area contributed by atoms with Crippen molar-refractivity contribution in [3.05, 3.63) is 96.4 Å². The van der Waals surface area contributed by atoms with Gasteiger partial charge in [-0.2, -0.15) is 0 Å². The minimum Gasteiger partial charge on any atom is -0.144 e. The molecule has 126 valence electrons. The summed E-state index contributed by atoms with van der Waals surface area (Å²) in [5.41, 5.74) is 2.60. The quantitative estimate of drug-likeness (QED) is 0.260. The lowest BCUT2D eigenvalue weighted by Crippen LogP contribution is -1.85. The third-order valence-corrected chi connectivity index (χ3v) is 6.43. The van der Waals surface area contributed by atoms with Crippen molar-refractivity contribution in [3.8, 4) is 11.1 Å². The Morgan fingerprint density at radius 3 is 1.78 bits per heavy atom. The fraction of sp³-hybridized carbons (Fsp3) is 0. The van der Waals surface area contributed by atoms with Crippen molar-refractivity contribution >= 4 is 53.7 Å². The number of thiophene rings is 1. The number of hydrogen-bond donors (Lipinski definition) is 0. The zero-order valence-corrected chi connectivity index (χ0v) is 15.5. The highest BCUT2D eigenvalue weighted by Crippen LogP contribution is 2.38. The molecule has 0 fully saturated rings. The van der Waals surface area contributed by atoms with Crippen molar-refractivity contribution in [2.24, 2.45) is 0 Å². The third kappa shape index (κ3) is 2.16. The monoisotopic (exact) mass is 360 g/mol. The highest BCUT2D eigenvalue weighted by Gasteiger charge is 2.10. The van der Waals surface area contributed by atoms with E-state index in [0.29, 0.717) is 0 Å². The summed E-state index contributed by atoms with van der Waals surface area (Å²) in [7, 11) is 0. The predicted octanol–water partition coefficient (Wildman–Crippen LogP) is 8.03. The van der Waals surface area contributed by atoms with Gasteiger partial charge in [0.15, 0.2) is 0 Å². The van der Waals surface area contributed by atoms with Crippen LogP contribution in [0.4, 0.5) is 0 Å². The van der Waals surface area contributed by atoms with Crippen molar-refractivity contribution in [3.63, 3.8) is 0 Å². The first-order valence-electron chi connectivity index (χ1n) is 9.20. The Bertz CT molecular complexity index is 1430. The van der Waals surface area contributed by atoms with E-state index in [1.54, 1.807) is 11.3 Å². The summed E-state index contributed by atoms with van der Waals surface area (Å²) in [6.07, 6.45) is 0. The Labute approximate surface area is 161 Å². The summed E-state index contributed by atoms with van der Waals surface area (Å²) in [5, 5.41) is 11.5. The molecule has 0 unspecified atom stereocenters. The van der Waals surface area contributed by atoms with Gasteiger partial charge in [0.25, 0.3) is 0 Å². The van der Waals surface area contributed by atoms with E-state index in [-0.39, 0.29) is 0 Å². The van der Waals surface area contributed by atoms with E-state index in [1.807, 2.05) is 0 Å². The SMILES string of the molecule is c1cc(-c2ccc3c4ccccc4c4ccccc4c3c2)c2ccsc2c1. The lowest BCUT2D eigenvalue weighted by Gasteiger charge is -2.12. The second-order valence-corrected chi connectivity index (χ2v) is 7.94. The van der Waals surface area contributed by atoms with E-state index in [1.165, 1.54) is 53.5 Å². The van der Waals surface area contributed by atoms with Crippen LogP contribution < -0.4 is 0 Å². The smallest absolute Gasteiger partial charge is 0.0348 e. The fourth-order valence-corrected chi connectivity index (χ4v) is 5.13. The molecule has 0 radical (unpaired) electrons. The second-order valence-electron chi connectivity index (χ2n) is 6.99. The molecule has 0 N–H and O–H groups in total. The maximum absolute atomic E-state index is 2.37. The van der Waals surface area contributed by atoms with Gasteiger partial charge in [0.05, 0.1) is 0 Å². The van der Waals surface area contributed by atoms with Crippen LogP contribution in [0.15, 0.2) is 96.4 Å². The van der Waals surface area contributed by atoms with Crippen LogP contribution in [0, 0.1) is 0 Å². The predicted molar refractivity (Wildman–Crippen MR) is 120 cm³/mol. The van der Waals surface area contributed by atoms with Crippen molar-refractivity contribution in [1.82, 2.24) is 0 Å². The van der Waals surface area contributed by atoms with Gasteiger partial charge in [-0.05, 0) is 67.0 Å². The molecule has 0 atom stereocenters. The summed E-state index contributed by atoms with van der Waals surface area (Å²) in [6.45, 7) is 0. The Morgan fingerprint density at radius 1 is 0.444 bits per heavy atom. The molecule has 0 saturated heterocycles. The van der Waals surface area contributed by atoms with Crippen LogP contribution in [0.2, 0.25) is 0 Å². The van der Waals surface area contributed by atoms with E-state index >= 15 is 0 Å². The number of benzene rings is 5. The Morgan fingerprint density at radius 2 is 1.07 bits per heavy atom. The van der Waals surface area contributed by atoms with Gasteiger partial charge in [0.2, 0.25) is 0 Å². The molecule has 0 aliphatic carbocycles. The van der Waals surface area contributed by atoms with Gasteiger partial charge in [-0.1, -0.05) is 72.8 Å². The third-order valence-electron chi connectivity index (χ3n) is 5.55. The molecule has 0 bridgehead atoms. The Hall–Kier alpha value is -3.16. The van der Waals surface area contributed by atoms with Crippen LogP contribution in [0.3, 0.4) is 0 Å². The Balaban J connectivity index is 1.77. The average Bonchev–Trinajstić information content (AvgIpc) is 3.23. The van der Waals surface area contributed by atoms with E-state index in [9.17, 15) is 0 Å². The summed E-state index contributed by atoms with van der Waals surface area (Å²) < 4.78 is 1.34. The van der Waals surface area contributed by atoms with Crippen LogP contribution in [-0.4, -0.2) is 0 Å². The second kappa shape index (κ2) is 5.67. The normalized spacial score (nSPS) is 11.7. The van der Waals surface area contributed by atoms with Crippen LogP contribution >= 0.6 is 11.3 Å². The Kier molecular flexibility index (Phi) is 3.14. The lowest BCUT2D eigenvalue weighted by molar-refractivity contribution is 1.72. The summed E-state index contributed by atoms with van der Waals surface area (Å²) in [5.74, 6) is 0. The van der Waals surface area contributed by atoms with Gasteiger partial charge in [-0.3, -0.25) is 0 Å². The zero-order chi connectivity index (χ0) is 17.8. The van der Waals surface area contributed by atoms with Crippen molar-refractivity contribution in [2.45, 2.75) is 0 Å². The molecule has 0 saturated carbocycles. The minimum absolute atomic E-state index is 1.28. The number of hydrogen-bond acceptors (Lipinski definition) is 1. The van der Waals surface area contributed by atoms with Gasteiger partial charge in [0, 0.05) is 10.1 Å². The average molecular weight is 360 g/mol. The van der Waals surface area contributed by atoms with Gasteiger partial charge >= 0.3 is 0 Å². The van der Waals surface area contributed by atoms with Crippen LogP contribution in [0.5, 0.6) is 0 Å². The molecule has 0 amide bonds. The molecule has 1 aromatic heterocycles. The lowest BCUT2D eigenvalue weighted by atomic mass is 9.91. The van der Waals surface area contributed by atoms with Crippen molar-refractivity contribution in [2.75, 3.05) is 0 Å². The molecule has 5 aromatic carbocycles. The molecular formula is C26H16S. The largest absolute Gasteiger partial charge is 0.144 e. The molecule has 0 aliphatic rings. The molecule has 1 heterocycles. The molecule has 6 aromatic rings. The molecule has 27 heavy (non-hydrogen) atoms. The molecule has 1 heteroatoms. The van der Waals surface area contributed by atoms with E-state index in [4.69, 9.17) is 0 Å². The molecule has 0 spiro atoms. The van der Waals surface area contributed by atoms with Gasteiger partial charge in [-0.25, -0.2) is 0 Å². The number of fused-ring (bicyclic) bond motifs is 7.